The Morgan fingerprint density at radius 2 is 2.24 bits per heavy atom. The SMILES string of the molecule is O=C(Nc1ccc(F)cc1F)N1CCS[C@@H]1c1ccco1. The van der Waals surface area contributed by atoms with Crippen molar-refractivity contribution >= 4 is 23.5 Å². The van der Waals surface area contributed by atoms with Gasteiger partial charge in [0.1, 0.15) is 22.8 Å². The van der Waals surface area contributed by atoms with Gasteiger partial charge in [0.05, 0.1) is 12.0 Å². The molecule has 1 aromatic carbocycles. The topological polar surface area (TPSA) is 45.5 Å². The lowest BCUT2D eigenvalue weighted by atomic mass is 10.3. The van der Waals surface area contributed by atoms with Gasteiger partial charge in [0, 0.05) is 18.4 Å². The second-order valence-corrected chi connectivity index (χ2v) is 5.67. The molecule has 0 unspecified atom stereocenters. The van der Waals surface area contributed by atoms with Gasteiger partial charge in [0.15, 0.2) is 0 Å². The van der Waals surface area contributed by atoms with Crippen molar-refractivity contribution in [2.45, 2.75) is 5.37 Å². The van der Waals surface area contributed by atoms with E-state index in [0.717, 1.165) is 17.9 Å². The van der Waals surface area contributed by atoms with Crippen molar-refractivity contribution in [2.75, 3.05) is 17.6 Å². The Kier molecular flexibility index (Phi) is 3.83. The summed E-state index contributed by atoms with van der Waals surface area (Å²) < 4.78 is 31.7. The fraction of sp³-hybridized carbons (Fsp3) is 0.214. The van der Waals surface area contributed by atoms with Gasteiger partial charge in [-0.2, -0.15) is 0 Å². The maximum absolute atomic E-state index is 13.6. The molecule has 0 radical (unpaired) electrons. The molecule has 110 valence electrons. The highest BCUT2D eigenvalue weighted by atomic mass is 32.2. The number of hydrogen-bond acceptors (Lipinski definition) is 3. The van der Waals surface area contributed by atoms with Crippen molar-refractivity contribution in [2.24, 2.45) is 0 Å². The minimum absolute atomic E-state index is 0.0449. The molecule has 1 aliphatic rings. The van der Waals surface area contributed by atoms with E-state index < -0.39 is 17.7 Å². The van der Waals surface area contributed by atoms with Crippen LogP contribution in [0.1, 0.15) is 11.1 Å². The summed E-state index contributed by atoms with van der Waals surface area (Å²) >= 11 is 1.57. The van der Waals surface area contributed by atoms with Gasteiger partial charge in [0.2, 0.25) is 0 Å². The van der Waals surface area contributed by atoms with E-state index in [9.17, 15) is 13.6 Å². The molecule has 1 atom stereocenters. The maximum Gasteiger partial charge on any atom is 0.323 e. The molecular formula is C14H12F2N2O2S. The number of furan rings is 1. The standard InChI is InChI=1S/C14H12F2N2O2S/c15-9-3-4-11(10(16)8-9)17-14(19)18-5-7-21-13(18)12-2-1-6-20-12/h1-4,6,8,13H,5,7H2,(H,17,19)/t13-/m1/s1. The third kappa shape index (κ3) is 2.87. The van der Waals surface area contributed by atoms with Gasteiger partial charge in [-0.05, 0) is 24.3 Å². The number of urea groups is 1. The Labute approximate surface area is 124 Å². The number of carbonyl (C=O) groups is 1. The van der Waals surface area contributed by atoms with Gasteiger partial charge >= 0.3 is 6.03 Å². The first kappa shape index (κ1) is 13.9. The molecule has 0 saturated carbocycles. The summed E-state index contributed by atoms with van der Waals surface area (Å²) in [6, 6.07) is 6.14. The summed E-state index contributed by atoms with van der Waals surface area (Å²) in [6.45, 7) is 0.532. The number of anilines is 1. The van der Waals surface area contributed by atoms with Crippen molar-refractivity contribution in [1.82, 2.24) is 4.90 Å². The molecule has 1 N–H and O–H groups in total. The Morgan fingerprint density at radius 1 is 1.38 bits per heavy atom. The highest BCUT2D eigenvalue weighted by Gasteiger charge is 2.32. The van der Waals surface area contributed by atoms with E-state index >= 15 is 0 Å². The first-order chi connectivity index (χ1) is 10.1. The number of halogens is 2. The molecule has 1 saturated heterocycles. The number of nitrogens with one attached hydrogen (secondary N) is 1. The van der Waals surface area contributed by atoms with Crippen LogP contribution < -0.4 is 5.32 Å². The zero-order chi connectivity index (χ0) is 14.8. The number of hydrogen-bond donors (Lipinski definition) is 1. The Morgan fingerprint density at radius 3 is 2.95 bits per heavy atom. The van der Waals surface area contributed by atoms with Crippen LogP contribution in [0.25, 0.3) is 0 Å². The summed E-state index contributed by atoms with van der Waals surface area (Å²) in [7, 11) is 0. The normalized spacial score (nSPS) is 18.0. The van der Waals surface area contributed by atoms with Crippen LogP contribution in [0.15, 0.2) is 41.0 Å². The highest BCUT2D eigenvalue weighted by Crippen LogP contribution is 2.38. The number of nitrogens with zero attached hydrogens (tertiary/aromatic N) is 1. The lowest BCUT2D eigenvalue weighted by Gasteiger charge is -2.22. The molecule has 21 heavy (non-hydrogen) atoms. The van der Waals surface area contributed by atoms with Gasteiger partial charge in [-0.25, -0.2) is 13.6 Å². The van der Waals surface area contributed by atoms with Crippen LogP contribution in [0.5, 0.6) is 0 Å². The van der Waals surface area contributed by atoms with Gasteiger partial charge in [0.25, 0.3) is 0 Å². The number of rotatable bonds is 2. The van der Waals surface area contributed by atoms with Crippen molar-refractivity contribution in [1.29, 1.82) is 0 Å². The van der Waals surface area contributed by atoms with E-state index in [1.807, 2.05) is 0 Å². The molecule has 2 aromatic rings. The van der Waals surface area contributed by atoms with Gasteiger partial charge < -0.3 is 14.6 Å². The van der Waals surface area contributed by atoms with E-state index in [4.69, 9.17) is 4.42 Å². The molecule has 0 spiro atoms. The molecule has 1 aliphatic heterocycles. The summed E-state index contributed by atoms with van der Waals surface area (Å²) in [5.74, 6) is -0.0438. The van der Waals surface area contributed by atoms with Crippen LogP contribution in [0.3, 0.4) is 0 Å². The molecule has 2 heterocycles. The van der Waals surface area contributed by atoms with Crippen LogP contribution in [0.2, 0.25) is 0 Å². The minimum atomic E-state index is -0.801. The van der Waals surface area contributed by atoms with Crippen LogP contribution in [-0.4, -0.2) is 23.2 Å². The van der Waals surface area contributed by atoms with E-state index in [1.165, 1.54) is 6.07 Å². The summed E-state index contributed by atoms with van der Waals surface area (Å²) in [6.07, 6.45) is 1.55. The summed E-state index contributed by atoms with van der Waals surface area (Å²) in [4.78, 5) is 13.8. The van der Waals surface area contributed by atoms with E-state index in [-0.39, 0.29) is 11.1 Å². The molecule has 0 bridgehead atoms. The molecule has 1 fully saturated rings. The smallest absolute Gasteiger partial charge is 0.323 e. The zero-order valence-corrected chi connectivity index (χ0v) is 11.7. The van der Waals surface area contributed by atoms with E-state index in [2.05, 4.69) is 5.32 Å². The number of carbonyl (C=O) groups excluding carboxylic acids is 1. The monoisotopic (exact) mass is 310 g/mol. The van der Waals surface area contributed by atoms with E-state index in [0.29, 0.717) is 12.3 Å². The van der Waals surface area contributed by atoms with Gasteiger partial charge in [-0.1, -0.05) is 0 Å². The van der Waals surface area contributed by atoms with Crippen molar-refractivity contribution in [3.8, 4) is 0 Å². The predicted octanol–water partition coefficient (Wildman–Crippen LogP) is 3.84. The zero-order valence-electron chi connectivity index (χ0n) is 10.9. The molecule has 1 aromatic heterocycles. The lowest BCUT2D eigenvalue weighted by molar-refractivity contribution is 0.209. The van der Waals surface area contributed by atoms with Crippen molar-refractivity contribution < 1.29 is 18.0 Å². The average Bonchev–Trinajstić information content (AvgIpc) is 3.10. The highest BCUT2D eigenvalue weighted by molar-refractivity contribution is 7.99. The number of benzene rings is 1. The molecule has 2 amide bonds. The first-order valence-electron chi connectivity index (χ1n) is 6.33. The fourth-order valence-corrected chi connectivity index (χ4v) is 3.33. The third-order valence-corrected chi connectivity index (χ3v) is 4.33. The second kappa shape index (κ2) is 5.77. The molecule has 0 aliphatic carbocycles. The molecule has 4 nitrogen and oxygen atoms in total. The summed E-state index contributed by atoms with van der Waals surface area (Å²) in [5, 5.41) is 2.23. The minimum Gasteiger partial charge on any atom is -0.466 e. The fourth-order valence-electron chi connectivity index (χ4n) is 2.12. The van der Waals surface area contributed by atoms with Crippen LogP contribution in [0, 0.1) is 11.6 Å². The van der Waals surface area contributed by atoms with Crippen LogP contribution >= 0.6 is 11.8 Å². The van der Waals surface area contributed by atoms with Gasteiger partial charge in [-0.3, -0.25) is 0 Å². The Balaban J connectivity index is 1.75. The summed E-state index contributed by atoms with van der Waals surface area (Å²) in [5.41, 5.74) is -0.0449. The van der Waals surface area contributed by atoms with Crippen molar-refractivity contribution in [3.63, 3.8) is 0 Å². The predicted molar refractivity (Wildman–Crippen MR) is 76.0 cm³/mol. The van der Waals surface area contributed by atoms with Crippen LogP contribution in [0.4, 0.5) is 19.3 Å². The number of thioether (sulfide) groups is 1. The molecule has 3 rings (SSSR count). The second-order valence-electron chi connectivity index (χ2n) is 4.49. The van der Waals surface area contributed by atoms with Crippen molar-refractivity contribution in [3.05, 3.63) is 54.0 Å². The maximum atomic E-state index is 13.6. The average molecular weight is 310 g/mol. The Hall–Kier alpha value is -2.02. The molecule has 7 heteroatoms. The Bertz CT molecular complexity index is 648. The van der Waals surface area contributed by atoms with E-state index in [1.54, 1.807) is 35.1 Å². The largest absolute Gasteiger partial charge is 0.466 e. The first-order valence-corrected chi connectivity index (χ1v) is 7.38. The van der Waals surface area contributed by atoms with Crippen LogP contribution in [-0.2, 0) is 0 Å². The lowest BCUT2D eigenvalue weighted by Crippen LogP contribution is -2.34. The third-order valence-electron chi connectivity index (χ3n) is 3.11. The number of amides is 2. The molecular weight excluding hydrogens is 298 g/mol. The van der Waals surface area contributed by atoms with Gasteiger partial charge in [-0.15, -0.1) is 11.8 Å². The quantitative estimate of drug-likeness (QED) is 0.916.